The number of hydrogen-bond acceptors (Lipinski definition) is 4. The molecule has 0 spiro atoms. The van der Waals surface area contributed by atoms with Gasteiger partial charge in [0.05, 0.1) is 12.2 Å². The molecule has 6 heteroatoms. The molecule has 0 fully saturated rings. The number of ketones is 1. The number of Topliss-reactive ketones (excluding diaryl/α,β-unsaturated/α-hetero) is 1. The van der Waals surface area contributed by atoms with Gasteiger partial charge in [-0.2, -0.15) is 5.10 Å². The fraction of sp³-hybridized carbons (Fsp3) is 0.688. The van der Waals surface area contributed by atoms with Crippen LogP contribution in [0.2, 0.25) is 0 Å². The molecule has 0 bridgehead atoms. The van der Waals surface area contributed by atoms with E-state index in [2.05, 4.69) is 5.10 Å². The van der Waals surface area contributed by atoms with Crippen molar-refractivity contribution >= 4 is 11.9 Å². The van der Waals surface area contributed by atoms with Crippen molar-refractivity contribution in [2.24, 2.45) is 0 Å². The number of ether oxygens (including phenoxy) is 1. The summed E-state index contributed by atoms with van der Waals surface area (Å²) in [5.41, 5.74) is 2.08. The van der Waals surface area contributed by atoms with Crippen molar-refractivity contribution in [1.82, 2.24) is 14.7 Å². The summed E-state index contributed by atoms with van der Waals surface area (Å²) in [6.07, 6.45) is 2.83. The minimum absolute atomic E-state index is 0.150. The molecule has 0 aliphatic carbocycles. The maximum Gasteiger partial charge on any atom is 0.410 e. The third-order valence-electron chi connectivity index (χ3n) is 4.04. The Bertz CT molecular complexity index is 613. The Balaban J connectivity index is 1.85. The molecule has 1 aromatic rings. The number of rotatable bonds is 0. The highest BCUT2D eigenvalue weighted by molar-refractivity contribution is 5.96. The van der Waals surface area contributed by atoms with E-state index in [0.29, 0.717) is 31.6 Å². The quantitative estimate of drug-likeness (QED) is 0.739. The first-order valence-corrected chi connectivity index (χ1v) is 7.95. The van der Waals surface area contributed by atoms with Gasteiger partial charge in [-0.25, -0.2) is 4.79 Å². The Labute approximate surface area is 130 Å². The molecule has 120 valence electrons. The summed E-state index contributed by atoms with van der Waals surface area (Å²) in [5.74, 6) is 0.150. The largest absolute Gasteiger partial charge is 0.444 e. The van der Waals surface area contributed by atoms with Crippen molar-refractivity contribution in [3.63, 3.8) is 0 Å². The highest BCUT2D eigenvalue weighted by atomic mass is 16.6. The molecule has 3 rings (SSSR count). The van der Waals surface area contributed by atoms with E-state index in [1.54, 1.807) is 4.90 Å². The van der Waals surface area contributed by atoms with Gasteiger partial charge in [0.2, 0.25) is 0 Å². The van der Waals surface area contributed by atoms with Gasteiger partial charge in [0.15, 0.2) is 5.78 Å². The summed E-state index contributed by atoms with van der Waals surface area (Å²) < 4.78 is 7.29. The predicted octanol–water partition coefficient (Wildman–Crippen LogP) is 2.54. The minimum atomic E-state index is -0.511. The Morgan fingerprint density at radius 1 is 1.18 bits per heavy atom. The van der Waals surface area contributed by atoms with Gasteiger partial charge in [-0.15, -0.1) is 0 Å². The first-order valence-electron chi connectivity index (χ1n) is 7.95. The van der Waals surface area contributed by atoms with E-state index in [1.165, 1.54) is 0 Å². The molecule has 2 aliphatic heterocycles. The van der Waals surface area contributed by atoms with Gasteiger partial charge in [-0.1, -0.05) is 0 Å². The average molecular weight is 305 g/mol. The summed E-state index contributed by atoms with van der Waals surface area (Å²) in [5, 5.41) is 4.59. The van der Waals surface area contributed by atoms with Gasteiger partial charge in [0, 0.05) is 31.5 Å². The molecule has 0 N–H and O–H groups in total. The second kappa shape index (κ2) is 5.41. The van der Waals surface area contributed by atoms with Crippen molar-refractivity contribution in [3.05, 3.63) is 17.0 Å². The molecule has 3 heterocycles. The lowest BCUT2D eigenvalue weighted by Crippen LogP contribution is -2.40. The monoisotopic (exact) mass is 305 g/mol. The first kappa shape index (κ1) is 15.1. The van der Waals surface area contributed by atoms with Gasteiger partial charge >= 0.3 is 6.09 Å². The van der Waals surface area contributed by atoms with Crippen molar-refractivity contribution in [2.75, 3.05) is 6.54 Å². The molecule has 0 radical (unpaired) electrons. The van der Waals surface area contributed by atoms with Crippen LogP contribution in [-0.4, -0.2) is 38.7 Å². The summed E-state index contributed by atoms with van der Waals surface area (Å²) >= 11 is 0. The fourth-order valence-electron chi connectivity index (χ4n) is 3.05. The lowest BCUT2D eigenvalue weighted by Gasteiger charge is -2.29. The van der Waals surface area contributed by atoms with Crippen LogP contribution in [0.25, 0.3) is 0 Å². The van der Waals surface area contributed by atoms with Crippen LogP contribution in [0.4, 0.5) is 4.79 Å². The number of carbonyl (C=O) groups excluding carboxylic acids is 2. The minimum Gasteiger partial charge on any atom is -0.444 e. The Morgan fingerprint density at radius 3 is 2.68 bits per heavy atom. The van der Waals surface area contributed by atoms with Crippen molar-refractivity contribution in [3.8, 4) is 0 Å². The maximum atomic E-state index is 12.3. The number of fused-ring (bicyclic) bond motifs is 3. The second-order valence-electron chi connectivity index (χ2n) is 7.03. The zero-order valence-corrected chi connectivity index (χ0v) is 13.5. The highest BCUT2D eigenvalue weighted by Crippen LogP contribution is 2.27. The van der Waals surface area contributed by atoms with Gasteiger partial charge in [-0.05, 0) is 33.6 Å². The van der Waals surface area contributed by atoms with Gasteiger partial charge in [-0.3, -0.25) is 9.48 Å². The smallest absolute Gasteiger partial charge is 0.410 e. The van der Waals surface area contributed by atoms with E-state index in [1.807, 2.05) is 25.5 Å². The Kier molecular flexibility index (Phi) is 3.70. The first-order chi connectivity index (χ1) is 10.3. The molecule has 2 aliphatic rings. The molecule has 22 heavy (non-hydrogen) atoms. The summed E-state index contributed by atoms with van der Waals surface area (Å²) in [7, 11) is 0. The molecule has 1 amide bonds. The third kappa shape index (κ3) is 2.87. The van der Waals surface area contributed by atoms with E-state index in [4.69, 9.17) is 4.74 Å². The van der Waals surface area contributed by atoms with Gasteiger partial charge in [0.1, 0.15) is 11.3 Å². The van der Waals surface area contributed by atoms with E-state index in [9.17, 15) is 9.59 Å². The topological polar surface area (TPSA) is 64.4 Å². The zero-order valence-electron chi connectivity index (χ0n) is 13.5. The Hall–Kier alpha value is -1.85. The van der Waals surface area contributed by atoms with Crippen LogP contribution >= 0.6 is 0 Å². The molecular weight excluding hydrogens is 282 g/mol. The van der Waals surface area contributed by atoms with Crippen LogP contribution in [-0.2, 0) is 24.2 Å². The molecule has 0 atom stereocenters. The van der Waals surface area contributed by atoms with Crippen molar-refractivity contribution in [1.29, 1.82) is 0 Å². The normalized spacial score (nSPS) is 18.5. The van der Waals surface area contributed by atoms with Crippen LogP contribution in [0.1, 0.15) is 61.8 Å². The molecule has 1 aromatic heterocycles. The van der Waals surface area contributed by atoms with Gasteiger partial charge < -0.3 is 9.64 Å². The van der Waals surface area contributed by atoms with Crippen LogP contribution < -0.4 is 0 Å². The highest BCUT2D eigenvalue weighted by Gasteiger charge is 2.32. The molecule has 0 saturated heterocycles. The number of hydrogen-bond donors (Lipinski definition) is 0. The van der Waals surface area contributed by atoms with E-state index in [0.717, 1.165) is 30.6 Å². The zero-order chi connectivity index (χ0) is 15.9. The lowest BCUT2D eigenvalue weighted by atomic mass is 10.0. The summed E-state index contributed by atoms with van der Waals surface area (Å²) in [6.45, 7) is 7.37. The van der Waals surface area contributed by atoms with E-state index < -0.39 is 5.60 Å². The SMILES string of the molecule is CC(C)(C)OC(=O)N1CCc2nn3c(c2C1)C(=O)CCCC3. The van der Waals surface area contributed by atoms with Crippen LogP contribution in [0.5, 0.6) is 0 Å². The van der Waals surface area contributed by atoms with Crippen LogP contribution in [0.15, 0.2) is 0 Å². The summed E-state index contributed by atoms with van der Waals surface area (Å²) in [6, 6.07) is 0. The Morgan fingerprint density at radius 2 is 1.95 bits per heavy atom. The lowest BCUT2D eigenvalue weighted by molar-refractivity contribution is 0.0222. The van der Waals surface area contributed by atoms with E-state index >= 15 is 0 Å². The second-order valence-corrected chi connectivity index (χ2v) is 7.03. The summed E-state index contributed by atoms with van der Waals surface area (Å²) in [4.78, 5) is 26.3. The van der Waals surface area contributed by atoms with Crippen LogP contribution in [0, 0.1) is 0 Å². The molecule has 6 nitrogen and oxygen atoms in total. The fourth-order valence-corrected chi connectivity index (χ4v) is 3.05. The number of nitrogens with zero attached hydrogens (tertiary/aromatic N) is 3. The van der Waals surface area contributed by atoms with Crippen molar-refractivity contribution < 1.29 is 14.3 Å². The number of aryl methyl sites for hydroxylation is 1. The van der Waals surface area contributed by atoms with E-state index in [-0.39, 0.29) is 11.9 Å². The van der Waals surface area contributed by atoms with Crippen LogP contribution in [0.3, 0.4) is 0 Å². The molecule has 0 aromatic carbocycles. The van der Waals surface area contributed by atoms with Crippen molar-refractivity contribution in [2.45, 2.75) is 65.1 Å². The standard InChI is InChI=1S/C16H23N3O3/c1-16(2,3)22-15(21)18-9-7-12-11(10-18)14-13(20)6-4-5-8-19(14)17-12/h4-10H2,1-3H3. The number of amides is 1. The molecule has 0 saturated carbocycles. The average Bonchev–Trinajstić information content (AvgIpc) is 2.68. The predicted molar refractivity (Wildman–Crippen MR) is 80.8 cm³/mol. The molecular formula is C16H23N3O3. The maximum absolute atomic E-state index is 12.3. The number of carbonyl (C=O) groups is 2. The van der Waals surface area contributed by atoms with Gasteiger partial charge in [0.25, 0.3) is 0 Å². The third-order valence-corrected chi connectivity index (χ3v) is 4.04. The number of aromatic nitrogens is 2. The molecule has 0 unspecified atom stereocenters.